The fourth-order valence-corrected chi connectivity index (χ4v) is 2.24. The SMILES string of the molecule is CC(C(=O)O)N1C(=O)c2cscc2C1=O. The molecule has 0 fully saturated rings. The molecule has 0 saturated heterocycles. The average molecular weight is 225 g/mol. The molecule has 1 aromatic rings. The van der Waals surface area contributed by atoms with Gasteiger partial charge in [-0.25, -0.2) is 4.79 Å². The Kier molecular flexibility index (Phi) is 2.08. The van der Waals surface area contributed by atoms with Gasteiger partial charge in [-0.2, -0.15) is 11.3 Å². The number of amides is 2. The largest absolute Gasteiger partial charge is 0.480 e. The van der Waals surface area contributed by atoms with Crippen molar-refractivity contribution in [3.8, 4) is 0 Å². The van der Waals surface area contributed by atoms with Crippen LogP contribution in [0.25, 0.3) is 0 Å². The fraction of sp³-hybridized carbons (Fsp3) is 0.222. The van der Waals surface area contributed by atoms with Gasteiger partial charge in [0.2, 0.25) is 0 Å². The van der Waals surface area contributed by atoms with Crippen molar-refractivity contribution in [2.75, 3.05) is 0 Å². The van der Waals surface area contributed by atoms with Crippen LogP contribution in [0.5, 0.6) is 0 Å². The first-order chi connectivity index (χ1) is 7.04. The summed E-state index contributed by atoms with van der Waals surface area (Å²) in [5.74, 6) is -2.23. The maximum atomic E-state index is 11.7. The number of carboxylic acids is 1. The minimum Gasteiger partial charge on any atom is -0.480 e. The number of carbonyl (C=O) groups excluding carboxylic acids is 2. The molecule has 6 heteroatoms. The zero-order chi connectivity index (χ0) is 11.2. The molecule has 0 spiro atoms. The van der Waals surface area contributed by atoms with Crippen molar-refractivity contribution in [1.82, 2.24) is 4.90 Å². The molecular formula is C9H7NO4S. The molecule has 5 nitrogen and oxygen atoms in total. The first-order valence-corrected chi connectivity index (χ1v) is 5.15. The van der Waals surface area contributed by atoms with Gasteiger partial charge in [0.05, 0.1) is 11.1 Å². The van der Waals surface area contributed by atoms with E-state index in [2.05, 4.69) is 0 Å². The summed E-state index contributed by atoms with van der Waals surface area (Å²) in [7, 11) is 0. The standard InChI is InChI=1S/C9H7NO4S/c1-4(9(13)14)10-7(11)5-2-15-3-6(5)8(10)12/h2-4H,1H3,(H,13,14). The molecule has 1 unspecified atom stereocenters. The molecule has 1 N–H and O–H groups in total. The monoisotopic (exact) mass is 225 g/mol. The molecule has 1 atom stereocenters. The molecule has 1 aliphatic rings. The smallest absolute Gasteiger partial charge is 0.326 e. The second kappa shape index (κ2) is 3.16. The van der Waals surface area contributed by atoms with E-state index in [4.69, 9.17) is 5.11 Å². The van der Waals surface area contributed by atoms with E-state index in [0.29, 0.717) is 11.1 Å². The van der Waals surface area contributed by atoms with Gasteiger partial charge < -0.3 is 5.11 Å². The van der Waals surface area contributed by atoms with E-state index >= 15 is 0 Å². The average Bonchev–Trinajstić information content (AvgIpc) is 2.71. The highest BCUT2D eigenvalue weighted by atomic mass is 32.1. The number of carbonyl (C=O) groups is 3. The molecule has 2 rings (SSSR count). The number of hydrogen-bond donors (Lipinski definition) is 1. The van der Waals surface area contributed by atoms with Gasteiger partial charge in [0.25, 0.3) is 11.8 Å². The molecule has 2 heterocycles. The van der Waals surface area contributed by atoms with Gasteiger partial charge in [-0.3, -0.25) is 14.5 Å². The molecule has 0 radical (unpaired) electrons. The van der Waals surface area contributed by atoms with Gasteiger partial charge in [-0.1, -0.05) is 0 Å². The summed E-state index contributed by atoms with van der Waals surface area (Å²) in [5.41, 5.74) is 0.608. The number of imide groups is 1. The zero-order valence-electron chi connectivity index (χ0n) is 7.76. The van der Waals surface area contributed by atoms with Crippen LogP contribution in [0, 0.1) is 0 Å². The molecule has 1 aliphatic heterocycles. The second-order valence-electron chi connectivity index (χ2n) is 3.19. The molecule has 2 amide bonds. The van der Waals surface area contributed by atoms with Crippen LogP contribution in [0.15, 0.2) is 10.8 Å². The number of nitrogens with zero attached hydrogens (tertiary/aromatic N) is 1. The lowest BCUT2D eigenvalue weighted by molar-refractivity contribution is -0.140. The number of aliphatic carboxylic acids is 1. The van der Waals surface area contributed by atoms with E-state index in [9.17, 15) is 14.4 Å². The van der Waals surface area contributed by atoms with Crippen LogP contribution < -0.4 is 0 Å². The summed E-state index contributed by atoms with van der Waals surface area (Å²) in [6.45, 7) is 1.31. The lowest BCUT2D eigenvalue weighted by Gasteiger charge is -2.18. The van der Waals surface area contributed by atoms with Crippen LogP contribution in [-0.4, -0.2) is 33.8 Å². The predicted octanol–water partition coefficient (Wildman–Crippen LogP) is 0.817. The Morgan fingerprint density at radius 1 is 1.33 bits per heavy atom. The summed E-state index contributed by atoms with van der Waals surface area (Å²) < 4.78 is 0. The Hall–Kier alpha value is -1.69. The molecule has 0 saturated carbocycles. The van der Waals surface area contributed by atoms with Crippen LogP contribution in [0.1, 0.15) is 27.6 Å². The maximum Gasteiger partial charge on any atom is 0.326 e. The summed E-state index contributed by atoms with van der Waals surface area (Å²) in [6, 6.07) is -1.12. The highest BCUT2D eigenvalue weighted by Gasteiger charge is 2.41. The normalized spacial score (nSPS) is 16.7. The molecule has 0 bridgehead atoms. The van der Waals surface area contributed by atoms with Crippen LogP contribution in [-0.2, 0) is 4.79 Å². The Labute approximate surface area is 88.9 Å². The number of thiophene rings is 1. The Bertz CT molecular complexity index is 434. The van der Waals surface area contributed by atoms with Crippen molar-refractivity contribution >= 4 is 29.1 Å². The highest BCUT2D eigenvalue weighted by Crippen LogP contribution is 2.27. The van der Waals surface area contributed by atoms with Gasteiger partial charge in [-0.15, -0.1) is 0 Å². The molecule has 1 aromatic heterocycles. The highest BCUT2D eigenvalue weighted by molar-refractivity contribution is 7.08. The predicted molar refractivity (Wildman–Crippen MR) is 51.9 cm³/mol. The van der Waals surface area contributed by atoms with Gasteiger partial charge in [0, 0.05) is 10.8 Å². The number of carboxylic acid groups (broad SMARTS) is 1. The quantitative estimate of drug-likeness (QED) is 0.756. The molecule has 0 aliphatic carbocycles. The van der Waals surface area contributed by atoms with Gasteiger partial charge in [0.15, 0.2) is 0 Å². The number of fused-ring (bicyclic) bond motifs is 1. The third-order valence-electron chi connectivity index (χ3n) is 2.31. The fourth-order valence-electron chi connectivity index (χ4n) is 1.44. The van der Waals surface area contributed by atoms with Crippen LogP contribution >= 0.6 is 11.3 Å². The van der Waals surface area contributed by atoms with E-state index < -0.39 is 23.8 Å². The van der Waals surface area contributed by atoms with Gasteiger partial charge >= 0.3 is 5.97 Å². The van der Waals surface area contributed by atoms with E-state index in [1.807, 2.05) is 0 Å². The molecule has 0 aromatic carbocycles. The summed E-state index contributed by atoms with van der Waals surface area (Å²) in [6.07, 6.45) is 0. The minimum atomic E-state index is -1.19. The van der Waals surface area contributed by atoms with Crippen LogP contribution in [0.2, 0.25) is 0 Å². The minimum absolute atomic E-state index is 0.304. The van der Waals surface area contributed by atoms with Crippen molar-refractivity contribution < 1.29 is 19.5 Å². The van der Waals surface area contributed by atoms with Crippen molar-refractivity contribution in [3.05, 3.63) is 21.9 Å². The first kappa shape index (κ1) is 9.85. The molecular weight excluding hydrogens is 218 g/mol. The Balaban J connectivity index is 2.41. The maximum absolute atomic E-state index is 11.7. The van der Waals surface area contributed by atoms with E-state index in [1.54, 1.807) is 10.8 Å². The number of rotatable bonds is 2. The lowest BCUT2D eigenvalue weighted by Crippen LogP contribution is -2.42. The van der Waals surface area contributed by atoms with Crippen molar-refractivity contribution in [3.63, 3.8) is 0 Å². The van der Waals surface area contributed by atoms with Crippen molar-refractivity contribution in [1.29, 1.82) is 0 Å². The van der Waals surface area contributed by atoms with E-state index in [-0.39, 0.29) is 0 Å². The van der Waals surface area contributed by atoms with E-state index in [0.717, 1.165) is 4.90 Å². The Morgan fingerprint density at radius 3 is 2.20 bits per heavy atom. The van der Waals surface area contributed by atoms with Gasteiger partial charge in [0.1, 0.15) is 6.04 Å². The van der Waals surface area contributed by atoms with Crippen LogP contribution in [0.4, 0.5) is 0 Å². The first-order valence-electron chi connectivity index (χ1n) is 4.21. The van der Waals surface area contributed by atoms with Crippen LogP contribution in [0.3, 0.4) is 0 Å². The third kappa shape index (κ3) is 1.25. The molecule has 78 valence electrons. The zero-order valence-corrected chi connectivity index (χ0v) is 8.58. The third-order valence-corrected chi connectivity index (χ3v) is 3.05. The van der Waals surface area contributed by atoms with Gasteiger partial charge in [-0.05, 0) is 6.92 Å². The van der Waals surface area contributed by atoms with Crippen molar-refractivity contribution in [2.24, 2.45) is 0 Å². The summed E-state index contributed by atoms with van der Waals surface area (Å²) in [5, 5.41) is 11.9. The number of hydrogen-bond acceptors (Lipinski definition) is 4. The second-order valence-corrected chi connectivity index (χ2v) is 3.94. The summed E-state index contributed by atoms with van der Waals surface area (Å²) in [4.78, 5) is 34.8. The molecule has 15 heavy (non-hydrogen) atoms. The van der Waals surface area contributed by atoms with Crippen molar-refractivity contribution in [2.45, 2.75) is 13.0 Å². The Morgan fingerprint density at radius 2 is 1.80 bits per heavy atom. The lowest BCUT2D eigenvalue weighted by atomic mass is 10.2. The topological polar surface area (TPSA) is 74.7 Å². The van der Waals surface area contributed by atoms with E-state index in [1.165, 1.54) is 18.3 Å². The summed E-state index contributed by atoms with van der Waals surface area (Å²) >= 11 is 1.26.